The molecule has 0 aliphatic carbocycles. The second-order valence-electron chi connectivity index (χ2n) is 8.26. The molecule has 3 rings (SSSR count). The van der Waals surface area contributed by atoms with E-state index in [1.54, 1.807) is 43.3 Å². The quantitative estimate of drug-likeness (QED) is 0.292. The Morgan fingerprint density at radius 3 is 2.50 bits per heavy atom. The van der Waals surface area contributed by atoms with E-state index in [1.165, 1.54) is 18.3 Å². The van der Waals surface area contributed by atoms with E-state index in [9.17, 15) is 19.7 Å². The first kappa shape index (κ1) is 24.4. The van der Waals surface area contributed by atoms with Crippen molar-refractivity contribution in [1.82, 2.24) is 10.7 Å². The molecule has 1 aromatic heterocycles. The SMILES string of the molecule is Cc1cccc(C(=O)N[C@@H](C(=O)N/N=C/c2ccc(-c3ccc([N+](=O)[O-])cc3C)o2)C(C)C)c1. The van der Waals surface area contributed by atoms with E-state index in [0.717, 1.165) is 5.56 Å². The lowest BCUT2D eigenvalue weighted by atomic mass is 10.0. The number of benzene rings is 2. The van der Waals surface area contributed by atoms with Crippen LogP contribution >= 0.6 is 0 Å². The maximum Gasteiger partial charge on any atom is 0.269 e. The van der Waals surface area contributed by atoms with Crippen LogP contribution in [0.25, 0.3) is 11.3 Å². The summed E-state index contributed by atoms with van der Waals surface area (Å²) in [5.41, 5.74) is 5.29. The standard InChI is InChI=1S/C25H26N4O5/c1-15(2)23(27-24(30)18-7-5-6-16(3)12-18)25(31)28-26-14-20-9-11-22(34-20)21-10-8-19(29(32)33)13-17(21)4/h5-15,23H,1-4H3,(H,27,30)(H,28,31)/b26-14+/t23-/m1/s1. The second kappa shape index (κ2) is 10.6. The summed E-state index contributed by atoms with van der Waals surface area (Å²) in [6, 6.07) is 14.2. The first-order chi connectivity index (χ1) is 16.2. The summed E-state index contributed by atoms with van der Waals surface area (Å²) < 4.78 is 5.73. The van der Waals surface area contributed by atoms with Crippen LogP contribution in [0, 0.1) is 29.9 Å². The van der Waals surface area contributed by atoms with Gasteiger partial charge in [-0.1, -0.05) is 31.5 Å². The average molecular weight is 463 g/mol. The van der Waals surface area contributed by atoms with Crippen molar-refractivity contribution in [3.05, 3.63) is 87.2 Å². The smallest absolute Gasteiger partial charge is 0.269 e. The number of non-ortho nitro benzene ring substituents is 1. The maximum absolute atomic E-state index is 12.6. The van der Waals surface area contributed by atoms with Gasteiger partial charge in [0, 0.05) is 23.3 Å². The van der Waals surface area contributed by atoms with Crippen LogP contribution in [0.3, 0.4) is 0 Å². The van der Waals surface area contributed by atoms with Crippen LogP contribution in [0.2, 0.25) is 0 Å². The number of hydrazone groups is 1. The molecule has 176 valence electrons. The van der Waals surface area contributed by atoms with E-state index in [-0.39, 0.29) is 17.5 Å². The number of nitrogens with zero attached hydrogens (tertiary/aromatic N) is 2. The van der Waals surface area contributed by atoms with Gasteiger partial charge >= 0.3 is 0 Å². The van der Waals surface area contributed by atoms with Gasteiger partial charge < -0.3 is 9.73 Å². The lowest BCUT2D eigenvalue weighted by molar-refractivity contribution is -0.384. The van der Waals surface area contributed by atoms with Crippen LogP contribution in [0.1, 0.15) is 41.1 Å². The van der Waals surface area contributed by atoms with E-state index in [1.807, 2.05) is 26.8 Å². The van der Waals surface area contributed by atoms with Gasteiger partial charge in [0.05, 0.1) is 11.1 Å². The lowest BCUT2D eigenvalue weighted by Crippen LogP contribution is -2.48. The van der Waals surface area contributed by atoms with Gasteiger partial charge in [-0.2, -0.15) is 5.10 Å². The van der Waals surface area contributed by atoms with E-state index in [4.69, 9.17) is 4.42 Å². The van der Waals surface area contributed by atoms with Crippen LogP contribution in [-0.4, -0.2) is 29.0 Å². The largest absolute Gasteiger partial charge is 0.455 e. The van der Waals surface area contributed by atoms with Gasteiger partial charge in [0.15, 0.2) is 0 Å². The third-order valence-corrected chi connectivity index (χ3v) is 5.20. The normalized spacial score (nSPS) is 12.0. The molecule has 0 unspecified atom stereocenters. The van der Waals surface area contributed by atoms with Crippen molar-refractivity contribution in [1.29, 1.82) is 0 Å². The minimum atomic E-state index is -0.778. The molecule has 0 radical (unpaired) electrons. The zero-order valence-corrected chi connectivity index (χ0v) is 19.4. The Hall–Kier alpha value is -4.27. The van der Waals surface area contributed by atoms with Crippen molar-refractivity contribution in [2.45, 2.75) is 33.7 Å². The van der Waals surface area contributed by atoms with Gasteiger partial charge in [-0.05, 0) is 55.7 Å². The maximum atomic E-state index is 12.6. The molecule has 2 aromatic carbocycles. The summed E-state index contributed by atoms with van der Waals surface area (Å²) in [5.74, 6) is -0.0474. The molecule has 1 heterocycles. The van der Waals surface area contributed by atoms with Crippen molar-refractivity contribution in [2.75, 3.05) is 0 Å². The van der Waals surface area contributed by atoms with Gasteiger partial charge in [-0.25, -0.2) is 5.43 Å². The van der Waals surface area contributed by atoms with Crippen LogP contribution in [-0.2, 0) is 4.79 Å². The van der Waals surface area contributed by atoms with Gasteiger partial charge in [0.2, 0.25) is 0 Å². The van der Waals surface area contributed by atoms with Crippen molar-refractivity contribution in [3.63, 3.8) is 0 Å². The fraction of sp³-hybridized carbons (Fsp3) is 0.240. The average Bonchev–Trinajstić information content (AvgIpc) is 3.25. The van der Waals surface area contributed by atoms with Crippen LogP contribution < -0.4 is 10.7 Å². The highest BCUT2D eigenvalue weighted by Crippen LogP contribution is 2.28. The molecule has 34 heavy (non-hydrogen) atoms. The Morgan fingerprint density at radius 2 is 1.85 bits per heavy atom. The molecular formula is C25H26N4O5. The highest BCUT2D eigenvalue weighted by atomic mass is 16.6. The molecule has 3 aromatic rings. The minimum absolute atomic E-state index is 0.00602. The van der Waals surface area contributed by atoms with Crippen molar-refractivity contribution in [2.24, 2.45) is 11.0 Å². The van der Waals surface area contributed by atoms with Gasteiger partial charge in [-0.3, -0.25) is 19.7 Å². The van der Waals surface area contributed by atoms with Crippen LogP contribution in [0.4, 0.5) is 5.69 Å². The molecule has 2 amide bonds. The Kier molecular flexibility index (Phi) is 7.57. The predicted octanol–water partition coefficient (Wildman–Crippen LogP) is 4.38. The molecule has 0 aliphatic heterocycles. The number of nitro groups is 1. The molecule has 0 fully saturated rings. The highest BCUT2D eigenvalue weighted by Gasteiger charge is 2.24. The van der Waals surface area contributed by atoms with E-state index >= 15 is 0 Å². The van der Waals surface area contributed by atoms with E-state index < -0.39 is 16.9 Å². The number of carbonyl (C=O) groups is 2. The lowest BCUT2D eigenvalue weighted by Gasteiger charge is -2.20. The number of amides is 2. The first-order valence-corrected chi connectivity index (χ1v) is 10.7. The topological polar surface area (TPSA) is 127 Å². The third kappa shape index (κ3) is 5.94. The van der Waals surface area contributed by atoms with Crippen molar-refractivity contribution < 1.29 is 18.9 Å². The molecule has 0 aliphatic rings. The monoisotopic (exact) mass is 462 g/mol. The van der Waals surface area contributed by atoms with Gasteiger partial charge in [-0.15, -0.1) is 0 Å². The zero-order valence-electron chi connectivity index (χ0n) is 19.4. The summed E-state index contributed by atoms with van der Waals surface area (Å²) in [7, 11) is 0. The summed E-state index contributed by atoms with van der Waals surface area (Å²) in [5, 5.41) is 17.6. The minimum Gasteiger partial charge on any atom is -0.455 e. The molecular weight excluding hydrogens is 436 g/mol. The molecule has 0 bridgehead atoms. The number of nitrogens with one attached hydrogen (secondary N) is 2. The molecule has 2 N–H and O–H groups in total. The van der Waals surface area contributed by atoms with Crippen molar-refractivity contribution >= 4 is 23.7 Å². The second-order valence-corrected chi connectivity index (χ2v) is 8.26. The van der Waals surface area contributed by atoms with E-state index in [0.29, 0.717) is 28.2 Å². The van der Waals surface area contributed by atoms with Gasteiger partial charge in [0.25, 0.3) is 17.5 Å². The highest BCUT2D eigenvalue weighted by molar-refractivity contribution is 5.97. The summed E-state index contributed by atoms with van der Waals surface area (Å²) in [6.07, 6.45) is 1.35. The van der Waals surface area contributed by atoms with E-state index in [2.05, 4.69) is 15.8 Å². The van der Waals surface area contributed by atoms with Gasteiger partial charge in [0.1, 0.15) is 17.6 Å². The molecule has 9 nitrogen and oxygen atoms in total. The number of hydrogen-bond donors (Lipinski definition) is 2. The Labute approximate surface area is 197 Å². The molecule has 1 atom stereocenters. The number of nitro benzene ring substituents is 1. The summed E-state index contributed by atoms with van der Waals surface area (Å²) in [6.45, 7) is 7.31. The number of carbonyl (C=O) groups excluding carboxylic acids is 2. The molecule has 0 saturated heterocycles. The predicted molar refractivity (Wildman–Crippen MR) is 129 cm³/mol. The molecule has 0 spiro atoms. The Bertz CT molecular complexity index is 1250. The number of hydrogen-bond acceptors (Lipinski definition) is 6. The number of rotatable bonds is 8. The van der Waals surface area contributed by atoms with Crippen molar-refractivity contribution in [3.8, 4) is 11.3 Å². The van der Waals surface area contributed by atoms with Crippen LogP contribution in [0.5, 0.6) is 0 Å². The summed E-state index contributed by atoms with van der Waals surface area (Å²) in [4.78, 5) is 35.7. The number of furan rings is 1. The zero-order chi connectivity index (χ0) is 24.8. The Morgan fingerprint density at radius 1 is 1.09 bits per heavy atom. The first-order valence-electron chi connectivity index (χ1n) is 10.7. The molecule has 0 saturated carbocycles. The fourth-order valence-corrected chi connectivity index (χ4v) is 3.38. The summed E-state index contributed by atoms with van der Waals surface area (Å²) >= 11 is 0. The number of aryl methyl sites for hydroxylation is 2. The molecule has 9 heteroatoms. The Balaban J connectivity index is 1.65. The third-order valence-electron chi connectivity index (χ3n) is 5.20. The fourth-order valence-electron chi connectivity index (χ4n) is 3.38. The van der Waals surface area contributed by atoms with Crippen LogP contribution in [0.15, 0.2) is 64.1 Å².